The number of ether oxygens (including phenoxy) is 3. The summed E-state index contributed by atoms with van der Waals surface area (Å²) in [5, 5.41) is 20.0. The maximum absolute atomic E-state index is 13.3. The van der Waals surface area contributed by atoms with Crippen molar-refractivity contribution in [3.8, 4) is 23.1 Å². The van der Waals surface area contributed by atoms with Gasteiger partial charge in [0.25, 0.3) is 5.91 Å². The molecule has 15 heteroatoms. The zero-order chi connectivity index (χ0) is 30.3. The maximum Gasteiger partial charge on any atom is 0.293 e. The van der Waals surface area contributed by atoms with Gasteiger partial charge in [-0.25, -0.2) is 14.4 Å². The van der Waals surface area contributed by atoms with E-state index in [0.717, 1.165) is 10.2 Å². The molecule has 0 saturated heterocycles. The van der Waals surface area contributed by atoms with Crippen molar-refractivity contribution in [3.63, 3.8) is 0 Å². The van der Waals surface area contributed by atoms with E-state index in [1.807, 2.05) is 18.2 Å². The summed E-state index contributed by atoms with van der Waals surface area (Å²) in [5.74, 6) is 0.124. The average molecular weight is 607 g/mol. The van der Waals surface area contributed by atoms with Crippen molar-refractivity contribution in [3.05, 3.63) is 100 Å². The van der Waals surface area contributed by atoms with E-state index < -0.39 is 11.7 Å². The number of halogens is 2. The highest BCUT2D eigenvalue weighted by molar-refractivity contribution is 6.31. The summed E-state index contributed by atoms with van der Waals surface area (Å²) in [7, 11) is 1.52. The Morgan fingerprint density at radius 1 is 1.07 bits per heavy atom. The van der Waals surface area contributed by atoms with Gasteiger partial charge in [0.1, 0.15) is 30.5 Å². The van der Waals surface area contributed by atoms with Gasteiger partial charge in [0, 0.05) is 16.1 Å². The summed E-state index contributed by atoms with van der Waals surface area (Å²) in [4.78, 5) is 13.2. The predicted octanol–water partition coefficient (Wildman–Crippen LogP) is 4.35. The summed E-state index contributed by atoms with van der Waals surface area (Å²) in [6.07, 6.45) is 0. The molecule has 1 amide bonds. The van der Waals surface area contributed by atoms with E-state index in [2.05, 4.69) is 35.8 Å². The predicted molar refractivity (Wildman–Crippen MR) is 153 cm³/mol. The summed E-state index contributed by atoms with van der Waals surface area (Å²) in [6.45, 7) is 1.75. The van der Waals surface area contributed by atoms with E-state index in [1.54, 1.807) is 31.2 Å². The molecule has 0 radical (unpaired) electrons. The van der Waals surface area contributed by atoms with Crippen LogP contribution >= 0.6 is 11.6 Å². The number of nitrogens with zero attached hydrogens (tertiary/aromatic N) is 6. The number of hydrazone groups is 1. The number of nitrogens with two attached hydrogens (primary N) is 1. The zero-order valence-corrected chi connectivity index (χ0v) is 23.6. The van der Waals surface area contributed by atoms with Crippen LogP contribution in [0.25, 0.3) is 5.82 Å². The van der Waals surface area contributed by atoms with Crippen LogP contribution in [-0.4, -0.2) is 44.0 Å². The molecule has 0 atom stereocenters. The van der Waals surface area contributed by atoms with Crippen molar-refractivity contribution in [1.29, 1.82) is 0 Å². The van der Waals surface area contributed by atoms with Crippen molar-refractivity contribution >= 4 is 29.0 Å². The Balaban J connectivity index is 1.33. The smallest absolute Gasteiger partial charge is 0.293 e. The molecule has 0 aliphatic rings. The Morgan fingerprint density at radius 3 is 2.58 bits per heavy atom. The summed E-state index contributed by atoms with van der Waals surface area (Å²) >= 11 is 6.22. The Bertz CT molecular complexity index is 1770. The van der Waals surface area contributed by atoms with E-state index in [9.17, 15) is 9.18 Å². The van der Waals surface area contributed by atoms with Crippen LogP contribution in [-0.2, 0) is 13.2 Å². The minimum absolute atomic E-state index is 0.00729. The number of hydrogen-bond donors (Lipinski definition) is 2. The first-order chi connectivity index (χ1) is 20.8. The van der Waals surface area contributed by atoms with Crippen LogP contribution in [0.2, 0.25) is 5.02 Å². The van der Waals surface area contributed by atoms with Crippen molar-refractivity contribution in [2.24, 2.45) is 5.10 Å². The lowest BCUT2D eigenvalue weighted by atomic mass is 10.1. The fourth-order valence-electron chi connectivity index (χ4n) is 3.83. The number of nitrogen functional groups attached to an aromatic ring is 1. The highest BCUT2D eigenvalue weighted by atomic mass is 35.5. The third-order valence-corrected chi connectivity index (χ3v) is 6.48. The summed E-state index contributed by atoms with van der Waals surface area (Å²) < 4.78 is 36.3. The average Bonchev–Trinajstić information content (AvgIpc) is 3.64. The minimum atomic E-state index is -0.690. The molecule has 2 aromatic heterocycles. The molecular formula is C28H24ClFN8O5. The van der Waals surface area contributed by atoms with E-state index in [0.29, 0.717) is 33.5 Å². The van der Waals surface area contributed by atoms with Gasteiger partial charge in [-0.15, -0.1) is 5.10 Å². The first kappa shape index (κ1) is 29.0. The normalized spacial score (nSPS) is 11.3. The molecule has 0 fully saturated rings. The molecule has 3 aromatic carbocycles. The van der Waals surface area contributed by atoms with Gasteiger partial charge in [0.05, 0.1) is 12.8 Å². The lowest BCUT2D eigenvalue weighted by molar-refractivity contribution is 0.0947. The molecule has 5 aromatic rings. The SMILES string of the molecule is COc1cc(C(C)=NNC(=O)c2nnn(-c3nonc3N)c2COc2ccc(F)cc2)ccc1OCc1ccccc1Cl. The standard InChI is InChI=1S/C28H24ClFN8O5/c1-16(17-7-12-23(24(13-17)40-2)42-14-18-5-3-4-6-21(18)29)32-34-28(39)25-22(15-41-20-10-8-19(30)9-11-20)38(37-33-25)27-26(31)35-43-36-27/h3-13H,14-15H2,1-2H3,(H2,31,35)(H,34,39). The number of carbonyl (C=O) groups is 1. The third-order valence-electron chi connectivity index (χ3n) is 6.11. The van der Waals surface area contributed by atoms with Crippen molar-refractivity contribution in [2.45, 2.75) is 20.1 Å². The Labute approximate surface area is 249 Å². The van der Waals surface area contributed by atoms with Crippen molar-refractivity contribution in [2.75, 3.05) is 12.8 Å². The van der Waals surface area contributed by atoms with Crippen LogP contribution in [0.3, 0.4) is 0 Å². The van der Waals surface area contributed by atoms with Crippen LogP contribution in [0, 0.1) is 5.82 Å². The largest absolute Gasteiger partial charge is 0.493 e. The van der Waals surface area contributed by atoms with Gasteiger partial charge in [-0.05, 0) is 65.8 Å². The molecule has 13 nitrogen and oxygen atoms in total. The minimum Gasteiger partial charge on any atom is -0.493 e. The zero-order valence-electron chi connectivity index (χ0n) is 22.8. The van der Waals surface area contributed by atoms with E-state index in [-0.39, 0.29) is 36.2 Å². The quantitative estimate of drug-likeness (QED) is 0.163. The van der Waals surface area contributed by atoms with Gasteiger partial charge >= 0.3 is 0 Å². The molecule has 220 valence electrons. The Kier molecular flexibility index (Phi) is 8.77. The van der Waals surface area contributed by atoms with Gasteiger partial charge in [-0.3, -0.25) is 4.79 Å². The van der Waals surface area contributed by atoms with E-state index in [1.165, 1.54) is 31.4 Å². The fraction of sp³-hybridized carbons (Fsp3) is 0.143. The molecule has 0 aliphatic carbocycles. The number of methoxy groups -OCH3 is 1. The molecule has 0 saturated carbocycles. The molecule has 0 bridgehead atoms. The van der Waals surface area contributed by atoms with Crippen molar-refractivity contribution in [1.82, 2.24) is 30.7 Å². The number of rotatable bonds is 11. The number of carbonyl (C=O) groups excluding carboxylic acids is 1. The second kappa shape index (κ2) is 13.0. The van der Waals surface area contributed by atoms with Gasteiger partial charge < -0.3 is 19.9 Å². The summed E-state index contributed by atoms with van der Waals surface area (Å²) in [5.41, 5.74) is 10.3. The molecule has 0 aliphatic heterocycles. The van der Waals surface area contributed by atoms with Gasteiger partial charge in [0.2, 0.25) is 11.6 Å². The second-order valence-electron chi connectivity index (χ2n) is 8.90. The summed E-state index contributed by atoms with van der Waals surface area (Å²) in [6, 6.07) is 18.0. The highest BCUT2D eigenvalue weighted by Crippen LogP contribution is 2.30. The monoisotopic (exact) mass is 606 g/mol. The molecule has 2 heterocycles. The fourth-order valence-corrected chi connectivity index (χ4v) is 4.02. The number of nitrogens with one attached hydrogen (secondary N) is 1. The highest BCUT2D eigenvalue weighted by Gasteiger charge is 2.24. The maximum atomic E-state index is 13.3. The molecule has 43 heavy (non-hydrogen) atoms. The third kappa shape index (κ3) is 6.70. The topological polar surface area (TPSA) is 165 Å². The van der Waals surface area contributed by atoms with Crippen LogP contribution in [0.4, 0.5) is 10.2 Å². The molecule has 0 unspecified atom stereocenters. The van der Waals surface area contributed by atoms with E-state index in [4.69, 9.17) is 31.5 Å². The van der Waals surface area contributed by atoms with Crippen LogP contribution in [0.15, 0.2) is 76.5 Å². The second-order valence-corrected chi connectivity index (χ2v) is 9.30. The molecule has 3 N–H and O–H groups in total. The number of anilines is 1. The first-order valence-electron chi connectivity index (χ1n) is 12.6. The van der Waals surface area contributed by atoms with Crippen molar-refractivity contribution < 1.29 is 28.0 Å². The number of aromatic nitrogens is 5. The van der Waals surface area contributed by atoms with Crippen LogP contribution in [0.5, 0.6) is 17.2 Å². The number of amides is 1. The van der Waals surface area contributed by atoms with Gasteiger partial charge in [-0.2, -0.15) is 9.78 Å². The molecular weight excluding hydrogens is 583 g/mol. The molecule has 5 rings (SSSR count). The lowest BCUT2D eigenvalue weighted by Gasteiger charge is -2.13. The lowest BCUT2D eigenvalue weighted by Crippen LogP contribution is -2.22. The van der Waals surface area contributed by atoms with Gasteiger partial charge in [-0.1, -0.05) is 35.0 Å². The van der Waals surface area contributed by atoms with Crippen LogP contribution in [0.1, 0.15) is 34.2 Å². The first-order valence-corrected chi connectivity index (χ1v) is 13.0. The number of benzene rings is 3. The number of hydrogen-bond acceptors (Lipinski definition) is 11. The Hall–Kier alpha value is -5.50. The molecule has 0 spiro atoms. The van der Waals surface area contributed by atoms with Gasteiger partial charge in [0.15, 0.2) is 17.2 Å². The Morgan fingerprint density at radius 2 is 1.86 bits per heavy atom. The van der Waals surface area contributed by atoms with E-state index >= 15 is 0 Å². The van der Waals surface area contributed by atoms with Crippen LogP contribution < -0.4 is 25.4 Å².